The van der Waals surface area contributed by atoms with Crippen molar-refractivity contribution in [2.24, 2.45) is 0 Å². The van der Waals surface area contributed by atoms with Crippen LogP contribution in [0, 0.1) is 0 Å². The van der Waals surface area contributed by atoms with E-state index in [-0.39, 0.29) is 5.91 Å². The number of carbonyl (C=O) groups excluding carboxylic acids is 1. The fraction of sp³-hybridized carbons (Fsp3) is 0.824. The summed E-state index contributed by atoms with van der Waals surface area (Å²) in [5.74, 6) is -0.107. The molecule has 3 rings (SSSR count). The lowest BCUT2D eigenvalue weighted by Gasteiger charge is -2.20. The van der Waals surface area contributed by atoms with Gasteiger partial charge in [-0.2, -0.15) is 0 Å². The van der Waals surface area contributed by atoms with Gasteiger partial charge in [-0.1, -0.05) is 24.5 Å². The lowest BCUT2D eigenvalue weighted by molar-refractivity contribution is 0.0942. The highest BCUT2D eigenvalue weighted by Gasteiger charge is 2.19. The van der Waals surface area contributed by atoms with Crippen molar-refractivity contribution in [3.63, 3.8) is 0 Å². The van der Waals surface area contributed by atoms with Crippen LogP contribution in [0.15, 0.2) is 6.20 Å². The topological polar surface area (TPSA) is 69.0 Å². The Hall–Kier alpha value is -1.43. The second kappa shape index (κ2) is 8.43. The average molecular weight is 320 g/mol. The largest absolute Gasteiger partial charge is 0.378 e. The molecule has 1 amide bonds. The van der Waals surface area contributed by atoms with E-state index in [1.165, 1.54) is 32.1 Å². The summed E-state index contributed by atoms with van der Waals surface area (Å²) in [6, 6.07) is 0.421. The van der Waals surface area contributed by atoms with Crippen LogP contribution in [0.5, 0.6) is 0 Å². The second-order valence-electron chi connectivity index (χ2n) is 6.76. The minimum atomic E-state index is -0.107. The first-order chi connectivity index (χ1) is 11.3. The van der Waals surface area contributed by atoms with Crippen LogP contribution in [0.3, 0.4) is 0 Å². The monoisotopic (exact) mass is 320 g/mol. The predicted molar refractivity (Wildman–Crippen MR) is 87.3 cm³/mol. The third-order valence-electron chi connectivity index (χ3n) is 4.95. The van der Waals surface area contributed by atoms with Crippen molar-refractivity contribution in [3.05, 3.63) is 11.9 Å². The van der Waals surface area contributed by atoms with Gasteiger partial charge in [-0.15, -0.1) is 5.10 Å². The Labute approximate surface area is 138 Å². The van der Waals surface area contributed by atoms with Crippen molar-refractivity contribution < 1.29 is 9.53 Å². The highest BCUT2D eigenvalue weighted by Crippen LogP contribution is 2.27. The van der Waals surface area contributed by atoms with Gasteiger partial charge in [0.15, 0.2) is 5.69 Å². The molecule has 23 heavy (non-hydrogen) atoms. The molecular formula is C17H28N4O2. The zero-order valence-corrected chi connectivity index (χ0v) is 13.9. The van der Waals surface area contributed by atoms with Gasteiger partial charge in [0.05, 0.1) is 18.3 Å². The van der Waals surface area contributed by atoms with Gasteiger partial charge < -0.3 is 10.1 Å². The number of carbonyl (C=O) groups is 1. The Balaban J connectivity index is 1.35. The molecule has 1 aliphatic heterocycles. The summed E-state index contributed by atoms with van der Waals surface area (Å²) in [4.78, 5) is 12.1. The van der Waals surface area contributed by atoms with Crippen LogP contribution in [0.4, 0.5) is 0 Å². The molecule has 128 valence electrons. The van der Waals surface area contributed by atoms with E-state index >= 15 is 0 Å². The summed E-state index contributed by atoms with van der Waals surface area (Å²) in [5, 5.41) is 11.1. The van der Waals surface area contributed by atoms with Crippen LogP contribution in [0.1, 0.15) is 80.7 Å². The minimum absolute atomic E-state index is 0.107. The Morgan fingerprint density at radius 3 is 2.87 bits per heavy atom. The molecule has 0 spiro atoms. The highest BCUT2D eigenvalue weighted by atomic mass is 16.5. The fourth-order valence-corrected chi connectivity index (χ4v) is 3.57. The second-order valence-corrected chi connectivity index (χ2v) is 6.76. The summed E-state index contributed by atoms with van der Waals surface area (Å²) in [6.45, 7) is 1.61. The van der Waals surface area contributed by atoms with Crippen molar-refractivity contribution in [3.8, 4) is 0 Å². The zero-order chi connectivity index (χ0) is 15.9. The van der Waals surface area contributed by atoms with Crippen LogP contribution in [-0.4, -0.2) is 40.2 Å². The van der Waals surface area contributed by atoms with E-state index in [2.05, 4.69) is 15.6 Å². The fourth-order valence-electron chi connectivity index (χ4n) is 3.57. The molecule has 1 aromatic heterocycles. The maximum absolute atomic E-state index is 12.1. The smallest absolute Gasteiger partial charge is 0.273 e. The van der Waals surface area contributed by atoms with E-state index in [0.717, 1.165) is 38.7 Å². The molecule has 2 fully saturated rings. The van der Waals surface area contributed by atoms with Crippen molar-refractivity contribution in [2.45, 2.75) is 76.4 Å². The quantitative estimate of drug-likeness (QED) is 0.784. The van der Waals surface area contributed by atoms with E-state index in [1.807, 2.05) is 4.68 Å². The third kappa shape index (κ3) is 4.77. The number of rotatable bonds is 7. The van der Waals surface area contributed by atoms with Gasteiger partial charge in [-0.3, -0.25) is 4.79 Å². The molecule has 2 aliphatic rings. The van der Waals surface area contributed by atoms with E-state index in [1.54, 1.807) is 6.20 Å². The van der Waals surface area contributed by atoms with E-state index in [9.17, 15) is 4.79 Å². The van der Waals surface area contributed by atoms with Crippen molar-refractivity contribution in [1.29, 1.82) is 0 Å². The molecule has 1 saturated carbocycles. The Morgan fingerprint density at radius 1 is 1.22 bits per heavy atom. The van der Waals surface area contributed by atoms with Crippen molar-refractivity contribution in [2.75, 3.05) is 13.2 Å². The number of hydrogen-bond donors (Lipinski definition) is 1. The van der Waals surface area contributed by atoms with E-state index < -0.39 is 0 Å². The van der Waals surface area contributed by atoms with Gasteiger partial charge in [-0.05, 0) is 44.9 Å². The summed E-state index contributed by atoms with van der Waals surface area (Å²) in [6.07, 6.45) is 13.9. The molecule has 6 heteroatoms. The first-order valence-electron chi connectivity index (χ1n) is 9.14. The van der Waals surface area contributed by atoms with Gasteiger partial charge in [0, 0.05) is 13.2 Å². The molecule has 1 atom stereocenters. The summed E-state index contributed by atoms with van der Waals surface area (Å²) in [7, 11) is 0. The molecule has 0 bridgehead atoms. The van der Waals surface area contributed by atoms with Crippen LogP contribution < -0.4 is 5.32 Å². The van der Waals surface area contributed by atoms with Gasteiger partial charge in [0.2, 0.25) is 0 Å². The number of ether oxygens (including phenoxy) is 1. The Bertz CT molecular complexity index is 491. The molecule has 0 aromatic carbocycles. The summed E-state index contributed by atoms with van der Waals surface area (Å²) < 4.78 is 7.48. The van der Waals surface area contributed by atoms with E-state index in [4.69, 9.17) is 4.74 Å². The SMILES string of the molecule is O=C(NCCCC[C@H]1CCCO1)c1cn(C2CCCCC2)nn1. The standard InChI is InChI=1S/C17H28N4O2/c22-17(18-11-5-4-9-15-10-6-12-23-15)16-13-21(20-19-16)14-7-2-1-3-8-14/h13-15H,1-12H2,(H,18,22)/t15-/m0/s1. The van der Waals surface area contributed by atoms with Crippen molar-refractivity contribution >= 4 is 5.91 Å². The first kappa shape index (κ1) is 16.4. The maximum atomic E-state index is 12.1. The molecule has 1 aliphatic carbocycles. The van der Waals surface area contributed by atoms with Gasteiger partial charge >= 0.3 is 0 Å². The number of nitrogens with zero attached hydrogens (tertiary/aromatic N) is 3. The molecule has 1 saturated heterocycles. The summed E-state index contributed by atoms with van der Waals surface area (Å²) in [5.41, 5.74) is 0.440. The van der Waals surface area contributed by atoms with E-state index in [0.29, 0.717) is 24.4 Å². The molecule has 0 radical (unpaired) electrons. The number of hydrogen-bond acceptors (Lipinski definition) is 4. The zero-order valence-electron chi connectivity index (χ0n) is 13.9. The normalized spacial score (nSPS) is 22.3. The van der Waals surface area contributed by atoms with Gasteiger partial charge in [0.1, 0.15) is 0 Å². The van der Waals surface area contributed by atoms with Crippen LogP contribution in [0.2, 0.25) is 0 Å². The van der Waals surface area contributed by atoms with Crippen LogP contribution in [0.25, 0.3) is 0 Å². The highest BCUT2D eigenvalue weighted by molar-refractivity contribution is 5.91. The molecule has 2 heterocycles. The van der Waals surface area contributed by atoms with Crippen molar-refractivity contribution in [1.82, 2.24) is 20.3 Å². The lowest BCUT2D eigenvalue weighted by Crippen LogP contribution is -2.25. The molecule has 1 aromatic rings. The number of unbranched alkanes of at least 4 members (excludes halogenated alkanes) is 1. The number of amides is 1. The molecule has 0 unspecified atom stereocenters. The molecule has 1 N–H and O–H groups in total. The number of aromatic nitrogens is 3. The summed E-state index contributed by atoms with van der Waals surface area (Å²) >= 11 is 0. The first-order valence-corrected chi connectivity index (χ1v) is 9.14. The Kier molecular flexibility index (Phi) is 6.02. The third-order valence-corrected chi connectivity index (χ3v) is 4.95. The minimum Gasteiger partial charge on any atom is -0.378 e. The van der Waals surface area contributed by atoms with Gasteiger partial charge in [0.25, 0.3) is 5.91 Å². The Morgan fingerprint density at radius 2 is 2.09 bits per heavy atom. The number of nitrogens with one attached hydrogen (secondary N) is 1. The molecule has 6 nitrogen and oxygen atoms in total. The van der Waals surface area contributed by atoms with Crippen LogP contribution >= 0.6 is 0 Å². The van der Waals surface area contributed by atoms with Crippen LogP contribution in [-0.2, 0) is 4.74 Å². The maximum Gasteiger partial charge on any atom is 0.273 e. The molecular weight excluding hydrogens is 292 g/mol. The average Bonchev–Trinajstić information content (AvgIpc) is 3.27. The lowest BCUT2D eigenvalue weighted by atomic mass is 9.96. The van der Waals surface area contributed by atoms with Gasteiger partial charge in [-0.25, -0.2) is 4.68 Å². The predicted octanol–water partition coefficient (Wildman–Crippen LogP) is 2.86.